The predicted molar refractivity (Wildman–Crippen MR) is 101 cm³/mol. The van der Waals surface area contributed by atoms with Crippen molar-refractivity contribution in [3.63, 3.8) is 0 Å². The van der Waals surface area contributed by atoms with Gasteiger partial charge in [0.05, 0.1) is 23.9 Å². The summed E-state index contributed by atoms with van der Waals surface area (Å²) in [7, 11) is 1.50. The summed E-state index contributed by atoms with van der Waals surface area (Å²) in [5, 5.41) is 3.38. The molecule has 3 aromatic rings. The van der Waals surface area contributed by atoms with Crippen LogP contribution in [0.15, 0.2) is 60.7 Å². The van der Waals surface area contributed by atoms with Gasteiger partial charge in [-0.25, -0.2) is 4.79 Å². The van der Waals surface area contributed by atoms with Gasteiger partial charge in [0.1, 0.15) is 5.75 Å². The number of carbonyl (C=O) groups excluding carboxylic acids is 2. The maximum atomic E-state index is 13.0. The lowest BCUT2D eigenvalue weighted by atomic mass is 10.0. The summed E-state index contributed by atoms with van der Waals surface area (Å²) < 4.78 is 49.2. The normalized spacial score (nSPS) is 11.2. The van der Waals surface area contributed by atoms with Crippen LogP contribution in [-0.2, 0) is 15.7 Å². The lowest BCUT2D eigenvalue weighted by Gasteiger charge is -2.14. The second-order valence-corrected chi connectivity index (χ2v) is 6.03. The van der Waals surface area contributed by atoms with Gasteiger partial charge in [0.2, 0.25) is 0 Å². The van der Waals surface area contributed by atoms with Gasteiger partial charge in [0.15, 0.2) is 6.61 Å². The minimum absolute atomic E-state index is 0.213. The fourth-order valence-corrected chi connectivity index (χ4v) is 2.86. The van der Waals surface area contributed by atoms with Crippen LogP contribution >= 0.6 is 0 Å². The van der Waals surface area contributed by atoms with Crippen molar-refractivity contribution in [1.29, 1.82) is 0 Å². The number of carbonyl (C=O) groups is 2. The van der Waals surface area contributed by atoms with Crippen molar-refractivity contribution >= 4 is 28.3 Å². The number of amides is 1. The number of nitrogens with one attached hydrogen (secondary N) is 1. The number of fused-ring (bicyclic) bond motifs is 1. The van der Waals surface area contributed by atoms with Gasteiger partial charge in [-0.3, -0.25) is 4.79 Å². The molecule has 3 rings (SSSR count). The molecule has 0 unspecified atom stereocenters. The fourth-order valence-electron chi connectivity index (χ4n) is 2.86. The van der Waals surface area contributed by atoms with Crippen LogP contribution in [0.4, 0.5) is 18.9 Å². The Labute approximate surface area is 164 Å². The molecule has 0 spiro atoms. The van der Waals surface area contributed by atoms with Crippen molar-refractivity contribution in [3.8, 4) is 5.75 Å². The molecule has 0 fully saturated rings. The highest BCUT2D eigenvalue weighted by Crippen LogP contribution is 2.34. The first kappa shape index (κ1) is 20.2. The number of anilines is 1. The Morgan fingerprint density at radius 3 is 2.28 bits per heavy atom. The Balaban J connectivity index is 1.72. The van der Waals surface area contributed by atoms with Gasteiger partial charge in [-0.15, -0.1) is 0 Å². The molecule has 0 saturated carbocycles. The van der Waals surface area contributed by atoms with E-state index in [2.05, 4.69) is 5.32 Å². The van der Waals surface area contributed by atoms with E-state index >= 15 is 0 Å². The van der Waals surface area contributed by atoms with Crippen molar-refractivity contribution in [1.82, 2.24) is 0 Å². The van der Waals surface area contributed by atoms with Gasteiger partial charge in [0.25, 0.3) is 5.91 Å². The van der Waals surface area contributed by atoms with Crippen LogP contribution in [0.5, 0.6) is 5.75 Å². The quantitative estimate of drug-likeness (QED) is 0.630. The van der Waals surface area contributed by atoms with E-state index in [0.717, 1.165) is 12.1 Å². The number of esters is 1. The predicted octanol–water partition coefficient (Wildman–Crippen LogP) is 4.66. The molecule has 8 heteroatoms. The molecule has 0 heterocycles. The van der Waals surface area contributed by atoms with Gasteiger partial charge in [0, 0.05) is 5.39 Å². The number of hydrogen-bond donors (Lipinski definition) is 1. The van der Waals surface area contributed by atoms with Gasteiger partial charge in [-0.1, -0.05) is 36.4 Å². The standard InChI is InChI=1S/C21H16F3NO4/c1-28-18-11-10-15(13-6-2-3-7-14(13)18)20(27)29-12-19(26)25-17-9-5-4-8-16(17)21(22,23)24/h2-11H,12H2,1H3,(H,25,26). The van der Waals surface area contributed by atoms with Gasteiger partial charge >= 0.3 is 12.1 Å². The van der Waals surface area contributed by atoms with Crippen molar-refractivity contribution in [2.24, 2.45) is 0 Å². The number of rotatable bonds is 5. The van der Waals surface area contributed by atoms with Crippen molar-refractivity contribution in [2.75, 3.05) is 19.0 Å². The summed E-state index contributed by atoms with van der Waals surface area (Å²) in [5.41, 5.74) is -1.18. The van der Waals surface area contributed by atoms with Gasteiger partial charge in [-0.2, -0.15) is 13.2 Å². The largest absolute Gasteiger partial charge is 0.496 e. The fraction of sp³-hybridized carbons (Fsp3) is 0.143. The van der Waals surface area contributed by atoms with Crippen molar-refractivity contribution in [2.45, 2.75) is 6.18 Å². The molecule has 0 saturated heterocycles. The SMILES string of the molecule is COc1ccc(C(=O)OCC(=O)Nc2ccccc2C(F)(F)F)c2ccccc12. The van der Waals surface area contributed by atoms with Crippen LogP contribution < -0.4 is 10.1 Å². The third-order valence-electron chi connectivity index (χ3n) is 4.16. The van der Waals surface area contributed by atoms with Crippen LogP contribution in [0.2, 0.25) is 0 Å². The molecule has 29 heavy (non-hydrogen) atoms. The van der Waals surface area contributed by atoms with Crippen molar-refractivity contribution in [3.05, 3.63) is 71.8 Å². The Kier molecular flexibility index (Phi) is 5.72. The molecule has 1 N–H and O–H groups in total. The van der Waals surface area contributed by atoms with E-state index in [4.69, 9.17) is 9.47 Å². The third kappa shape index (κ3) is 4.48. The summed E-state index contributed by atoms with van der Waals surface area (Å²) in [5.74, 6) is -1.09. The van der Waals surface area contributed by atoms with Crippen LogP contribution in [-0.4, -0.2) is 25.6 Å². The minimum atomic E-state index is -4.62. The Hall–Kier alpha value is -3.55. The number of para-hydroxylation sites is 1. The van der Waals surface area contributed by atoms with E-state index in [1.165, 1.54) is 25.3 Å². The Morgan fingerprint density at radius 1 is 0.931 bits per heavy atom. The van der Waals surface area contributed by atoms with E-state index in [9.17, 15) is 22.8 Å². The van der Waals surface area contributed by atoms with Gasteiger partial charge in [-0.05, 0) is 29.7 Å². The monoisotopic (exact) mass is 403 g/mol. The highest BCUT2D eigenvalue weighted by Gasteiger charge is 2.33. The molecule has 3 aromatic carbocycles. The second kappa shape index (κ2) is 8.22. The average Bonchev–Trinajstić information content (AvgIpc) is 2.70. The minimum Gasteiger partial charge on any atom is -0.496 e. The Bertz CT molecular complexity index is 1060. The van der Waals surface area contributed by atoms with Crippen LogP contribution in [0.25, 0.3) is 10.8 Å². The highest BCUT2D eigenvalue weighted by molar-refractivity contribution is 6.07. The van der Waals surface area contributed by atoms with E-state index < -0.39 is 35.9 Å². The summed E-state index contributed by atoms with van der Waals surface area (Å²) >= 11 is 0. The van der Waals surface area contributed by atoms with Gasteiger partial charge < -0.3 is 14.8 Å². The zero-order valence-electron chi connectivity index (χ0n) is 15.2. The first-order valence-corrected chi connectivity index (χ1v) is 8.50. The lowest BCUT2D eigenvalue weighted by molar-refractivity contribution is -0.137. The smallest absolute Gasteiger partial charge is 0.418 e. The molecule has 150 valence electrons. The highest BCUT2D eigenvalue weighted by atomic mass is 19.4. The first-order chi connectivity index (χ1) is 13.8. The maximum absolute atomic E-state index is 13.0. The number of methoxy groups -OCH3 is 1. The molecule has 0 aliphatic heterocycles. The summed E-state index contributed by atoms with van der Waals surface area (Å²) in [6, 6.07) is 14.6. The zero-order chi connectivity index (χ0) is 21.0. The number of alkyl halides is 3. The molecule has 5 nitrogen and oxygen atoms in total. The molecule has 0 aliphatic rings. The molecule has 0 aliphatic carbocycles. The first-order valence-electron chi connectivity index (χ1n) is 8.50. The van der Waals surface area contributed by atoms with Crippen LogP contribution in [0, 0.1) is 0 Å². The van der Waals surface area contributed by atoms with E-state index in [1.807, 2.05) is 0 Å². The summed E-state index contributed by atoms with van der Waals surface area (Å²) in [4.78, 5) is 24.4. The van der Waals surface area contributed by atoms with E-state index in [0.29, 0.717) is 16.5 Å². The topological polar surface area (TPSA) is 64.6 Å². The zero-order valence-corrected chi connectivity index (χ0v) is 15.2. The molecule has 0 bridgehead atoms. The number of halogens is 3. The second-order valence-electron chi connectivity index (χ2n) is 6.03. The lowest BCUT2D eigenvalue weighted by Crippen LogP contribution is -2.22. The molecular formula is C21H16F3NO4. The maximum Gasteiger partial charge on any atom is 0.418 e. The van der Waals surface area contributed by atoms with Crippen molar-refractivity contribution < 1.29 is 32.2 Å². The Morgan fingerprint density at radius 2 is 1.59 bits per heavy atom. The average molecular weight is 403 g/mol. The van der Waals surface area contributed by atoms with Crippen LogP contribution in [0.1, 0.15) is 15.9 Å². The molecule has 0 radical (unpaired) electrons. The molecule has 0 aromatic heterocycles. The van der Waals surface area contributed by atoms with Crippen LogP contribution in [0.3, 0.4) is 0 Å². The third-order valence-corrected chi connectivity index (χ3v) is 4.16. The number of benzene rings is 3. The van der Waals surface area contributed by atoms with E-state index in [-0.39, 0.29) is 5.56 Å². The van der Waals surface area contributed by atoms with E-state index in [1.54, 1.807) is 30.3 Å². The molecule has 0 atom stereocenters. The summed E-state index contributed by atoms with van der Waals surface area (Å²) in [6.07, 6.45) is -4.62. The number of hydrogen-bond acceptors (Lipinski definition) is 4. The molecule has 1 amide bonds. The molecular weight excluding hydrogens is 387 g/mol. The summed E-state index contributed by atoms with van der Waals surface area (Å²) in [6.45, 7) is -0.731. The number of ether oxygens (including phenoxy) is 2.